The van der Waals surface area contributed by atoms with Crippen LogP contribution in [0.4, 0.5) is 4.39 Å². The van der Waals surface area contributed by atoms with E-state index in [9.17, 15) is 4.39 Å². The van der Waals surface area contributed by atoms with Crippen molar-refractivity contribution in [2.24, 2.45) is 0 Å². The fourth-order valence-corrected chi connectivity index (χ4v) is 3.07. The molecule has 2 aromatic heterocycles. The van der Waals surface area contributed by atoms with Gasteiger partial charge < -0.3 is 4.74 Å². The van der Waals surface area contributed by atoms with Crippen molar-refractivity contribution in [2.45, 2.75) is 32.3 Å². The van der Waals surface area contributed by atoms with E-state index >= 15 is 0 Å². The predicted molar refractivity (Wildman–Crippen MR) is 67.3 cm³/mol. The summed E-state index contributed by atoms with van der Waals surface area (Å²) in [6.45, 7) is 0.317. The molecule has 3 nitrogen and oxygen atoms in total. The summed E-state index contributed by atoms with van der Waals surface area (Å²) in [6, 6.07) is 1.43. The van der Waals surface area contributed by atoms with Gasteiger partial charge in [0.25, 0.3) is 5.19 Å². The average Bonchev–Trinajstić information content (AvgIpc) is 2.79. The third kappa shape index (κ3) is 2.51. The van der Waals surface area contributed by atoms with Gasteiger partial charge in [0, 0.05) is 16.6 Å². The molecule has 1 aliphatic rings. The fourth-order valence-electron chi connectivity index (χ4n) is 2.07. The van der Waals surface area contributed by atoms with Crippen LogP contribution in [0.1, 0.15) is 29.0 Å². The highest BCUT2D eigenvalue weighted by molar-refractivity contribution is 7.13. The standard InChI is InChI=1S/C13H13FN2OS/c14-10-5-9(6-15-7-10)8-17-13-16-11-3-1-2-4-12(11)18-13/h5-7H,1-4,8H2. The van der Waals surface area contributed by atoms with Crippen LogP contribution in [-0.2, 0) is 19.4 Å². The molecular formula is C13H13FN2OS. The number of ether oxygens (including phenoxy) is 1. The first-order valence-corrected chi connectivity index (χ1v) is 6.84. The van der Waals surface area contributed by atoms with Crippen molar-refractivity contribution in [3.8, 4) is 5.19 Å². The third-order valence-corrected chi connectivity index (χ3v) is 4.02. The molecule has 0 fully saturated rings. The van der Waals surface area contributed by atoms with Crippen molar-refractivity contribution in [2.75, 3.05) is 0 Å². The first-order chi connectivity index (χ1) is 8.81. The number of fused-ring (bicyclic) bond motifs is 1. The smallest absolute Gasteiger partial charge is 0.273 e. The molecule has 0 aromatic carbocycles. The Morgan fingerprint density at radius 2 is 2.17 bits per heavy atom. The van der Waals surface area contributed by atoms with Crippen LogP contribution in [0, 0.1) is 5.82 Å². The maximum atomic E-state index is 12.9. The number of thiazole rings is 1. The second-order valence-corrected chi connectivity index (χ2v) is 5.40. The Balaban J connectivity index is 1.68. The van der Waals surface area contributed by atoms with Gasteiger partial charge in [-0.15, -0.1) is 0 Å². The quantitative estimate of drug-likeness (QED) is 0.854. The first kappa shape index (κ1) is 11.6. The summed E-state index contributed by atoms with van der Waals surface area (Å²) in [5, 5.41) is 0.686. The number of hydrogen-bond donors (Lipinski definition) is 0. The molecule has 18 heavy (non-hydrogen) atoms. The molecule has 3 rings (SSSR count). The van der Waals surface area contributed by atoms with Gasteiger partial charge in [-0.2, -0.15) is 0 Å². The van der Waals surface area contributed by atoms with Crippen LogP contribution < -0.4 is 4.74 Å². The minimum Gasteiger partial charge on any atom is -0.465 e. The molecule has 0 aliphatic heterocycles. The van der Waals surface area contributed by atoms with Crippen molar-refractivity contribution < 1.29 is 9.13 Å². The van der Waals surface area contributed by atoms with Crippen LogP contribution in [0.25, 0.3) is 0 Å². The molecular weight excluding hydrogens is 251 g/mol. The Morgan fingerprint density at radius 3 is 3.00 bits per heavy atom. The van der Waals surface area contributed by atoms with Crippen LogP contribution in [0.2, 0.25) is 0 Å². The summed E-state index contributed by atoms with van der Waals surface area (Å²) in [7, 11) is 0. The molecule has 0 amide bonds. The van der Waals surface area contributed by atoms with E-state index in [-0.39, 0.29) is 5.82 Å². The normalized spacial score (nSPS) is 14.3. The molecule has 2 heterocycles. The molecule has 0 saturated heterocycles. The minimum atomic E-state index is -0.338. The summed E-state index contributed by atoms with van der Waals surface area (Å²) in [5.74, 6) is -0.338. The SMILES string of the molecule is Fc1cncc(COc2nc3c(s2)CCCC3)c1. The number of aromatic nitrogens is 2. The molecule has 0 bridgehead atoms. The maximum absolute atomic E-state index is 12.9. The molecule has 0 saturated carbocycles. The zero-order valence-electron chi connectivity index (χ0n) is 9.86. The highest BCUT2D eigenvalue weighted by atomic mass is 32.1. The van der Waals surface area contributed by atoms with Crippen molar-refractivity contribution >= 4 is 11.3 Å². The van der Waals surface area contributed by atoms with Gasteiger partial charge in [0.2, 0.25) is 0 Å². The number of nitrogens with zero attached hydrogens (tertiary/aromatic N) is 2. The number of halogens is 1. The lowest BCUT2D eigenvalue weighted by molar-refractivity contribution is 0.302. The van der Waals surface area contributed by atoms with E-state index in [4.69, 9.17) is 4.74 Å². The van der Waals surface area contributed by atoms with E-state index < -0.39 is 0 Å². The topological polar surface area (TPSA) is 35.0 Å². The molecule has 0 N–H and O–H groups in total. The zero-order valence-corrected chi connectivity index (χ0v) is 10.7. The summed E-state index contributed by atoms with van der Waals surface area (Å²) >= 11 is 1.61. The summed E-state index contributed by atoms with van der Waals surface area (Å²) < 4.78 is 18.5. The number of pyridine rings is 1. The van der Waals surface area contributed by atoms with Gasteiger partial charge >= 0.3 is 0 Å². The molecule has 0 unspecified atom stereocenters. The Labute approximate surface area is 109 Å². The largest absolute Gasteiger partial charge is 0.465 e. The highest BCUT2D eigenvalue weighted by Crippen LogP contribution is 2.31. The van der Waals surface area contributed by atoms with E-state index in [0.717, 1.165) is 18.4 Å². The van der Waals surface area contributed by atoms with Crippen molar-refractivity contribution in [3.05, 3.63) is 40.4 Å². The molecule has 0 radical (unpaired) electrons. The first-order valence-electron chi connectivity index (χ1n) is 6.02. The lowest BCUT2D eigenvalue weighted by atomic mass is 10.0. The van der Waals surface area contributed by atoms with Crippen molar-refractivity contribution in [1.82, 2.24) is 9.97 Å². The van der Waals surface area contributed by atoms with E-state index in [0.29, 0.717) is 11.8 Å². The summed E-state index contributed by atoms with van der Waals surface area (Å²) in [5.41, 5.74) is 1.90. The van der Waals surface area contributed by atoms with Gasteiger partial charge in [-0.3, -0.25) is 4.98 Å². The number of rotatable bonds is 3. The van der Waals surface area contributed by atoms with Crippen LogP contribution in [-0.4, -0.2) is 9.97 Å². The fraction of sp³-hybridized carbons (Fsp3) is 0.385. The zero-order chi connectivity index (χ0) is 12.4. The van der Waals surface area contributed by atoms with Gasteiger partial charge in [-0.05, 0) is 31.7 Å². The van der Waals surface area contributed by atoms with Gasteiger partial charge in [-0.1, -0.05) is 11.3 Å². The van der Waals surface area contributed by atoms with Crippen molar-refractivity contribution in [3.63, 3.8) is 0 Å². The van der Waals surface area contributed by atoms with Gasteiger partial charge in [-0.25, -0.2) is 9.37 Å². The van der Waals surface area contributed by atoms with Gasteiger partial charge in [0.1, 0.15) is 12.4 Å². The lowest BCUT2D eigenvalue weighted by Crippen LogP contribution is -1.99. The average molecular weight is 264 g/mol. The second kappa shape index (κ2) is 5.02. The lowest BCUT2D eigenvalue weighted by Gasteiger charge is -2.06. The minimum absolute atomic E-state index is 0.317. The predicted octanol–water partition coefficient (Wildman–Crippen LogP) is 3.14. The Bertz CT molecular complexity index is 532. The van der Waals surface area contributed by atoms with Crippen LogP contribution >= 0.6 is 11.3 Å². The Morgan fingerprint density at radius 1 is 1.28 bits per heavy atom. The van der Waals surface area contributed by atoms with Gasteiger partial charge in [0.05, 0.1) is 11.9 Å². The molecule has 0 atom stereocenters. The van der Waals surface area contributed by atoms with Crippen LogP contribution in [0.15, 0.2) is 18.5 Å². The van der Waals surface area contributed by atoms with E-state index in [1.165, 1.54) is 35.7 Å². The second-order valence-electron chi connectivity index (χ2n) is 4.36. The number of hydrogen-bond acceptors (Lipinski definition) is 4. The summed E-state index contributed by atoms with van der Waals surface area (Å²) in [6.07, 6.45) is 7.41. The molecule has 5 heteroatoms. The highest BCUT2D eigenvalue weighted by Gasteiger charge is 2.15. The van der Waals surface area contributed by atoms with Crippen LogP contribution in [0.3, 0.4) is 0 Å². The maximum Gasteiger partial charge on any atom is 0.273 e. The summed E-state index contributed by atoms with van der Waals surface area (Å²) in [4.78, 5) is 9.60. The Kier molecular flexibility index (Phi) is 3.23. The van der Waals surface area contributed by atoms with Gasteiger partial charge in [0.15, 0.2) is 0 Å². The monoisotopic (exact) mass is 264 g/mol. The molecule has 2 aromatic rings. The van der Waals surface area contributed by atoms with E-state index in [2.05, 4.69) is 9.97 Å². The molecule has 0 spiro atoms. The third-order valence-electron chi connectivity index (χ3n) is 2.95. The van der Waals surface area contributed by atoms with Crippen LogP contribution in [0.5, 0.6) is 5.19 Å². The number of aryl methyl sites for hydroxylation is 2. The van der Waals surface area contributed by atoms with E-state index in [1.807, 2.05) is 0 Å². The molecule has 1 aliphatic carbocycles. The molecule has 94 valence electrons. The Hall–Kier alpha value is -1.49. The van der Waals surface area contributed by atoms with E-state index in [1.54, 1.807) is 17.5 Å². The van der Waals surface area contributed by atoms with Crippen molar-refractivity contribution in [1.29, 1.82) is 0 Å².